The van der Waals surface area contributed by atoms with E-state index < -0.39 is 33.7 Å². The first kappa shape index (κ1) is 21.4. The summed E-state index contributed by atoms with van der Waals surface area (Å²) in [6, 6.07) is 5.32. The molecule has 2 heterocycles. The number of halogens is 3. The topological polar surface area (TPSA) is 71.4 Å². The van der Waals surface area contributed by atoms with Crippen LogP contribution in [0.3, 0.4) is 0 Å². The Morgan fingerprint density at radius 2 is 1.83 bits per heavy atom. The molecule has 0 radical (unpaired) electrons. The average Bonchev–Trinajstić information content (AvgIpc) is 3.31. The molecule has 10 heteroatoms. The minimum absolute atomic E-state index is 0.0266. The predicted octanol–water partition coefficient (Wildman–Crippen LogP) is 3.32. The van der Waals surface area contributed by atoms with Crippen molar-refractivity contribution in [2.45, 2.75) is 36.9 Å². The van der Waals surface area contributed by atoms with E-state index in [0.29, 0.717) is 18.7 Å². The molecule has 1 saturated heterocycles. The maximum Gasteiger partial charge on any atom is 0.416 e. The van der Waals surface area contributed by atoms with Gasteiger partial charge in [-0.05, 0) is 43.5 Å². The van der Waals surface area contributed by atoms with E-state index in [1.807, 2.05) is 0 Å². The Labute approximate surface area is 167 Å². The molecule has 1 aliphatic rings. The zero-order valence-corrected chi connectivity index (χ0v) is 16.8. The van der Waals surface area contributed by atoms with Crippen molar-refractivity contribution in [3.63, 3.8) is 0 Å². The molecule has 1 aromatic heterocycles. The number of benzene rings is 1. The molecule has 1 atom stereocenters. The zero-order valence-electron chi connectivity index (χ0n) is 16.0. The fraction of sp³-hybridized carbons (Fsp3) is 0.421. The summed E-state index contributed by atoms with van der Waals surface area (Å²) in [6.07, 6.45) is -1.50. The van der Waals surface area contributed by atoms with Crippen molar-refractivity contribution in [2.75, 3.05) is 13.1 Å². The lowest BCUT2D eigenvalue weighted by Crippen LogP contribution is -2.28. The highest BCUT2D eigenvalue weighted by Gasteiger charge is 2.31. The van der Waals surface area contributed by atoms with Crippen molar-refractivity contribution in [3.05, 3.63) is 53.3 Å². The molecule has 0 bridgehead atoms. The van der Waals surface area contributed by atoms with Gasteiger partial charge in [-0.25, -0.2) is 8.42 Å². The van der Waals surface area contributed by atoms with Gasteiger partial charge in [0.15, 0.2) is 0 Å². The van der Waals surface area contributed by atoms with Crippen LogP contribution < -0.4 is 5.32 Å². The summed E-state index contributed by atoms with van der Waals surface area (Å²) in [4.78, 5) is 12.7. The fourth-order valence-electron chi connectivity index (χ4n) is 3.32. The quantitative estimate of drug-likeness (QED) is 0.793. The molecule has 0 spiro atoms. The maximum atomic E-state index is 12.9. The Morgan fingerprint density at radius 3 is 2.45 bits per heavy atom. The Kier molecular flexibility index (Phi) is 5.77. The van der Waals surface area contributed by atoms with Crippen LogP contribution in [0.1, 0.15) is 47.4 Å². The molecule has 1 amide bonds. The van der Waals surface area contributed by atoms with Gasteiger partial charge in [-0.3, -0.25) is 4.79 Å². The van der Waals surface area contributed by atoms with Crippen molar-refractivity contribution in [1.29, 1.82) is 0 Å². The number of hydrogen-bond acceptors (Lipinski definition) is 3. The summed E-state index contributed by atoms with van der Waals surface area (Å²) in [7, 11) is -2.12. The number of carbonyl (C=O) groups excluding carboxylic acids is 1. The minimum atomic E-state index is -4.48. The first-order valence-corrected chi connectivity index (χ1v) is 10.6. The number of amides is 1. The van der Waals surface area contributed by atoms with Crippen molar-refractivity contribution >= 4 is 15.9 Å². The van der Waals surface area contributed by atoms with E-state index in [0.717, 1.165) is 25.0 Å². The molecular formula is C19H22F3N3O3S. The van der Waals surface area contributed by atoms with E-state index in [1.54, 1.807) is 14.0 Å². The molecule has 2 aromatic rings. The molecule has 1 fully saturated rings. The molecule has 0 aliphatic carbocycles. The van der Waals surface area contributed by atoms with Crippen LogP contribution >= 0.6 is 0 Å². The minimum Gasteiger partial charge on any atom is -0.345 e. The molecule has 3 rings (SSSR count). The Morgan fingerprint density at radius 1 is 1.17 bits per heavy atom. The third-order valence-corrected chi connectivity index (χ3v) is 6.84. The molecule has 1 unspecified atom stereocenters. The van der Waals surface area contributed by atoms with E-state index in [2.05, 4.69) is 5.32 Å². The highest BCUT2D eigenvalue weighted by molar-refractivity contribution is 7.89. The number of aryl methyl sites for hydroxylation is 1. The summed E-state index contributed by atoms with van der Waals surface area (Å²) < 4.78 is 66.8. The largest absolute Gasteiger partial charge is 0.416 e. The van der Waals surface area contributed by atoms with E-state index in [1.165, 1.54) is 33.3 Å². The number of nitrogens with one attached hydrogen (secondary N) is 1. The zero-order chi connectivity index (χ0) is 21.4. The first-order valence-electron chi connectivity index (χ1n) is 9.14. The highest BCUT2D eigenvalue weighted by atomic mass is 32.2. The second-order valence-electron chi connectivity index (χ2n) is 7.10. The summed E-state index contributed by atoms with van der Waals surface area (Å²) >= 11 is 0. The van der Waals surface area contributed by atoms with Gasteiger partial charge in [0.25, 0.3) is 5.91 Å². The Hall–Kier alpha value is -2.33. The standard InChI is InChI=1S/C19H22F3N3O3S/c1-13(14-6-5-7-15(10-14)19(20,21)22)23-18(26)17-11-16(12-24(17)2)29(27,28)25-8-3-4-9-25/h5-7,10-13H,3-4,8-9H2,1-2H3,(H,23,26). The third-order valence-electron chi connectivity index (χ3n) is 4.98. The van der Waals surface area contributed by atoms with Gasteiger partial charge < -0.3 is 9.88 Å². The van der Waals surface area contributed by atoms with E-state index in [-0.39, 0.29) is 10.6 Å². The monoisotopic (exact) mass is 429 g/mol. The summed E-state index contributed by atoms with van der Waals surface area (Å²) in [6.45, 7) is 2.47. The van der Waals surface area contributed by atoms with Crippen molar-refractivity contribution < 1.29 is 26.4 Å². The van der Waals surface area contributed by atoms with Gasteiger partial charge in [0, 0.05) is 26.3 Å². The maximum absolute atomic E-state index is 12.9. The van der Waals surface area contributed by atoms with Crippen LogP contribution in [0.4, 0.5) is 13.2 Å². The molecule has 0 saturated carbocycles. The van der Waals surface area contributed by atoms with Crippen LogP contribution in [-0.2, 0) is 23.2 Å². The summed E-state index contributed by atoms with van der Waals surface area (Å²) in [5, 5.41) is 2.63. The summed E-state index contributed by atoms with van der Waals surface area (Å²) in [5.41, 5.74) is -0.386. The van der Waals surface area contributed by atoms with Crippen molar-refractivity contribution in [2.24, 2.45) is 7.05 Å². The van der Waals surface area contributed by atoms with Crippen LogP contribution in [0, 0.1) is 0 Å². The molecular weight excluding hydrogens is 407 g/mol. The van der Waals surface area contributed by atoms with Crippen molar-refractivity contribution in [1.82, 2.24) is 14.2 Å². The lowest BCUT2D eigenvalue weighted by Gasteiger charge is -2.16. The molecule has 6 nitrogen and oxygen atoms in total. The van der Waals surface area contributed by atoms with Crippen LogP contribution in [0.25, 0.3) is 0 Å². The smallest absolute Gasteiger partial charge is 0.345 e. The van der Waals surface area contributed by atoms with Gasteiger partial charge in [0.05, 0.1) is 11.6 Å². The van der Waals surface area contributed by atoms with Crippen LogP contribution in [0.2, 0.25) is 0 Å². The third kappa shape index (κ3) is 4.48. The van der Waals surface area contributed by atoms with Gasteiger partial charge >= 0.3 is 6.18 Å². The Bertz CT molecular complexity index is 1010. The second-order valence-corrected chi connectivity index (χ2v) is 9.04. The molecule has 1 aromatic carbocycles. The van der Waals surface area contributed by atoms with Crippen LogP contribution in [0.5, 0.6) is 0 Å². The van der Waals surface area contributed by atoms with E-state index in [4.69, 9.17) is 0 Å². The SMILES string of the molecule is CC(NC(=O)c1cc(S(=O)(=O)N2CCCC2)cn1C)c1cccc(C(F)(F)F)c1. The predicted molar refractivity (Wildman–Crippen MR) is 101 cm³/mol. The van der Waals surface area contributed by atoms with Gasteiger partial charge in [-0.2, -0.15) is 17.5 Å². The highest BCUT2D eigenvalue weighted by Crippen LogP contribution is 2.31. The van der Waals surface area contributed by atoms with Crippen LogP contribution in [-0.4, -0.2) is 36.3 Å². The lowest BCUT2D eigenvalue weighted by atomic mass is 10.0. The number of nitrogens with zero attached hydrogens (tertiary/aromatic N) is 2. The van der Waals surface area contributed by atoms with Gasteiger partial charge in [0.1, 0.15) is 10.6 Å². The molecule has 158 valence electrons. The fourth-order valence-corrected chi connectivity index (χ4v) is 4.91. The molecule has 1 aliphatic heterocycles. The van der Waals surface area contributed by atoms with Gasteiger partial charge in [0.2, 0.25) is 10.0 Å². The van der Waals surface area contributed by atoms with Crippen LogP contribution in [0.15, 0.2) is 41.4 Å². The molecule has 1 N–H and O–H groups in total. The van der Waals surface area contributed by atoms with Crippen molar-refractivity contribution in [3.8, 4) is 0 Å². The number of carbonyl (C=O) groups is 1. The second kappa shape index (κ2) is 7.83. The van der Waals surface area contributed by atoms with E-state index >= 15 is 0 Å². The summed E-state index contributed by atoms with van der Waals surface area (Å²) in [5.74, 6) is -0.569. The number of rotatable bonds is 5. The Balaban J connectivity index is 1.79. The average molecular weight is 429 g/mol. The normalized spacial score (nSPS) is 16.7. The number of aromatic nitrogens is 1. The molecule has 29 heavy (non-hydrogen) atoms. The number of alkyl halides is 3. The first-order chi connectivity index (χ1) is 13.5. The van der Waals surface area contributed by atoms with E-state index in [9.17, 15) is 26.4 Å². The number of sulfonamides is 1. The number of hydrogen-bond donors (Lipinski definition) is 1. The van der Waals surface area contributed by atoms with Gasteiger partial charge in [-0.15, -0.1) is 0 Å². The lowest BCUT2D eigenvalue weighted by molar-refractivity contribution is -0.137. The van der Waals surface area contributed by atoms with Gasteiger partial charge in [-0.1, -0.05) is 12.1 Å².